The maximum absolute atomic E-state index is 12.5. The van der Waals surface area contributed by atoms with E-state index in [2.05, 4.69) is 5.32 Å². The maximum atomic E-state index is 12.5. The van der Waals surface area contributed by atoms with Crippen molar-refractivity contribution in [3.63, 3.8) is 0 Å². The van der Waals surface area contributed by atoms with E-state index in [0.717, 1.165) is 63.3 Å². The van der Waals surface area contributed by atoms with Crippen molar-refractivity contribution in [3.05, 3.63) is 29.8 Å². The standard InChI is InChI=1S/C20H30N2O3/c1-16-5-3-4-6-18(16)25-15-17(2)21-19(23)22-11-7-20(8-12-22)9-13-24-14-10-20/h3-6,17H,7-15H2,1-2H3,(H,21,23)/t17-/m1/s1. The summed E-state index contributed by atoms with van der Waals surface area (Å²) in [5.41, 5.74) is 1.52. The van der Waals surface area contributed by atoms with E-state index in [1.807, 2.05) is 43.0 Å². The van der Waals surface area contributed by atoms with E-state index in [1.165, 1.54) is 0 Å². The normalized spacial score (nSPS) is 21.0. The summed E-state index contributed by atoms with van der Waals surface area (Å²) in [4.78, 5) is 14.4. The minimum atomic E-state index is -0.0222. The quantitative estimate of drug-likeness (QED) is 0.909. The highest BCUT2D eigenvalue weighted by molar-refractivity contribution is 5.74. The van der Waals surface area contributed by atoms with E-state index in [1.54, 1.807) is 0 Å². The van der Waals surface area contributed by atoms with Gasteiger partial charge in [-0.25, -0.2) is 4.79 Å². The fourth-order valence-corrected chi connectivity index (χ4v) is 3.77. The minimum Gasteiger partial charge on any atom is -0.491 e. The molecule has 0 saturated carbocycles. The Morgan fingerprint density at radius 1 is 1.24 bits per heavy atom. The molecular weight excluding hydrogens is 316 g/mol. The van der Waals surface area contributed by atoms with Crippen LogP contribution in [-0.4, -0.2) is 49.9 Å². The molecule has 2 aliphatic rings. The van der Waals surface area contributed by atoms with Crippen molar-refractivity contribution in [1.29, 1.82) is 0 Å². The Morgan fingerprint density at radius 3 is 2.60 bits per heavy atom. The van der Waals surface area contributed by atoms with Crippen LogP contribution in [0.15, 0.2) is 24.3 Å². The van der Waals surface area contributed by atoms with Gasteiger partial charge in [-0.3, -0.25) is 0 Å². The number of para-hydroxylation sites is 1. The van der Waals surface area contributed by atoms with Gasteiger partial charge in [0.05, 0.1) is 6.04 Å². The summed E-state index contributed by atoms with van der Waals surface area (Å²) in [5.74, 6) is 0.878. The second kappa shape index (κ2) is 8.09. The zero-order valence-electron chi connectivity index (χ0n) is 15.4. The minimum absolute atomic E-state index is 0.0222. The van der Waals surface area contributed by atoms with Crippen molar-refractivity contribution in [3.8, 4) is 5.75 Å². The summed E-state index contributed by atoms with van der Waals surface area (Å²) >= 11 is 0. The molecule has 0 aliphatic carbocycles. The maximum Gasteiger partial charge on any atom is 0.317 e. The van der Waals surface area contributed by atoms with Gasteiger partial charge in [0, 0.05) is 26.3 Å². The lowest BCUT2D eigenvalue weighted by atomic mass is 9.72. The van der Waals surface area contributed by atoms with Crippen LogP contribution >= 0.6 is 0 Å². The van der Waals surface area contributed by atoms with Gasteiger partial charge in [0.25, 0.3) is 0 Å². The van der Waals surface area contributed by atoms with Crippen LogP contribution in [0.2, 0.25) is 0 Å². The Morgan fingerprint density at radius 2 is 1.92 bits per heavy atom. The Balaban J connectivity index is 1.42. The predicted molar refractivity (Wildman–Crippen MR) is 98.0 cm³/mol. The molecule has 2 saturated heterocycles. The predicted octanol–water partition coefficient (Wildman–Crippen LogP) is 3.36. The first kappa shape index (κ1) is 18.1. The Bertz CT molecular complexity index is 574. The molecule has 1 spiro atoms. The molecule has 138 valence electrons. The number of carbonyl (C=O) groups is 1. The molecule has 0 aromatic heterocycles. The van der Waals surface area contributed by atoms with Crippen molar-refractivity contribution in [1.82, 2.24) is 10.2 Å². The summed E-state index contributed by atoms with van der Waals surface area (Å²) in [7, 11) is 0. The van der Waals surface area contributed by atoms with Crippen LogP contribution in [-0.2, 0) is 4.74 Å². The molecule has 1 atom stereocenters. The molecule has 1 N–H and O–H groups in total. The summed E-state index contributed by atoms with van der Waals surface area (Å²) in [6.07, 6.45) is 4.47. The zero-order valence-corrected chi connectivity index (χ0v) is 15.4. The molecule has 3 rings (SSSR count). The number of nitrogens with zero attached hydrogens (tertiary/aromatic N) is 1. The molecular formula is C20H30N2O3. The Kier molecular flexibility index (Phi) is 5.84. The van der Waals surface area contributed by atoms with Gasteiger partial charge in [0.1, 0.15) is 12.4 Å². The fraction of sp³-hybridized carbons (Fsp3) is 0.650. The number of amides is 2. The SMILES string of the molecule is Cc1ccccc1OC[C@@H](C)NC(=O)N1CCC2(CCOCC2)CC1. The van der Waals surface area contributed by atoms with E-state index >= 15 is 0 Å². The van der Waals surface area contributed by atoms with Gasteiger partial charge in [-0.15, -0.1) is 0 Å². The van der Waals surface area contributed by atoms with Crippen LogP contribution < -0.4 is 10.1 Å². The highest BCUT2D eigenvalue weighted by Crippen LogP contribution is 2.40. The van der Waals surface area contributed by atoms with Gasteiger partial charge < -0.3 is 19.7 Å². The monoisotopic (exact) mass is 346 g/mol. The Labute approximate surface area is 150 Å². The van der Waals surface area contributed by atoms with Crippen LogP contribution in [0.1, 0.15) is 38.2 Å². The first-order valence-corrected chi connectivity index (χ1v) is 9.40. The van der Waals surface area contributed by atoms with E-state index in [9.17, 15) is 4.79 Å². The summed E-state index contributed by atoms with van der Waals surface area (Å²) in [6.45, 7) is 7.93. The molecule has 0 bridgehead atoms. The number of nitrogens with one attached hydrogen (secondary N) is 1. The van der Waals surface area contributed by atoms with E-state index < -0.39 is 0 Å². The lowest BCUT2D eigenvalue weighted by Crippen LogP contribution is -2.51. The largest absolute Gasteiger partial charge is 0.491 e. The number of benzene rings is 1. The number of hydrogen-bond donors (Lipinski definition) is 1. The van der Waals surface area contributed by atoms with Gasteiger partial charge >= 0.3 is 6.03 Å². The lowest BCUT2D eigenvalue weighted by molar-refractivity contribution is -0.0146. The van der Waals surface area contributed by atoms with Gasteiger partial charge in [0.2, 0.25) is 0 Å². The third-order valence-electron chi connectivity index (χ3n) is 5.62. The number of piperidine rings is 1. The van der Waals surface area contributed by atoms with Crippen LogP contribution in [0, 0.1) is 12.3 Å². The van der Waals surface area contributed by atoms with Crippen LogP contribution in [0.4, 0.5) is 4.79 Å². The van der Waals surface area contributed by atoms with Crippen LogP contribution in [0.25, 0.3) is 0 Å². The van der Waals surface area contributed by atoms with E-state index in [-0.39, 0.29) is 12.1 Å². The van der Waals surface area contributed by atoms with Gasteiger partial charge in [0.15, 0.2) is 0 Å². The van der Waals surface area contributed by atoms with Crippen molar-refractivity contribution >= 4 is 6.03 Å². The molecule has 2 heterocycles. The zero-order chi connectivity index (χ0) is 17.7. The lowest BCUT2D eigenvalue weighted by Gasteiger charge is -2.44. The fourth-order valence-electron chi connectivity index (χ4n) is 3.77. The molecule has 5 nitrogen and oxygen atoms in total. The van der Waals surface area contributed by atoms with Crippen molar-refractivity contribution < 1.29 is 14.3 Å². The smallest absolute Gasteiger partial charge is 0.317 e. The summed E-state index contributed by atoms with van der Waals surface area (Å²) in [5, 5.41) is 3.07. The number of hydrogen-bond acceptors (Lipinski definition) is 3. The van der Waals surface area contributed by atoms with Gasteiger partial charge in [-0.05, 0) is 56.6 Å². The molecule has 0 radical (unpaired) electrons. The number of ether oxygens (including phenoxy) is 2. The third-order valence-corrected chi connectivity index (χ3v) is 5.62. The van der Waals surface area contributed by atoms with Crippen molar-refractivity contribution in [2.75, 3.05) is 32.9 Å². The number of likely N-dealkylation sites (tertiary alicyclic amines) is 1. The summed E-state index contributed by atoms with van der Waals surface area (Å²) in [6, 6.07) is 7.95. The van der Waals surface area contributed by atoms with Crippen molar-refractivity contribution in [2.24, 2.45) is 5.41 Å². The molecule has 25 heavy (non-hydrogen) atoms. The average Bonchev–Trinajstić information content (AvgIpc) is 2.62. The van der Waals surface area contributed by atoms with Gasteiger partial charge in [-0.2, -0.15) is 0 Å². The molecule has 2 amide bonds. The van der Waals surface area contributed by atoms with Gasteiger partial charge in [-0.1, -0.05) is 18.2 Å². The molecule has 5 heteroatoms. The van der Waals surface area contributed by atoms with E-state index in [0.29, 0.717) is 12.0 Å². The highest BCUT2D eigenvalue weighted by Gasteiger charge is 2.37. The first-order valence-electron chi connectivity index (χ1n) is 9.40. The van der Waals surface area contributed by atoms with Crippen LogP contribution in [0.5, 0.6) is 5.75 Å². The van der Waals surface area contributed by atoms with Crippen LogP contribution in [0.3, 0.4) is 0 Å². The number of aryl methyl sites for hydroxylation is 1. The van der Waals surface area contributed by atoms with Crippen molar-refractivity contribution in [2.45, 2.75) is 45.6 Å². The average molecular weight is 346 g/mol. The molecule has 1 aromatic rings. The van der Waals surface area contributed by atoms with E-state index in [4.69, 9.17) is 9.47 Å². The number of carbonyl (C=O) groups excluding carboxylic acids is 1. The molecule has 1 aromatic carbocycles. The first-order chi connectivity index (χ1) is 12.1. The second-order valence-electron chi connectivity index (χ2n) is 7.53. The highest BCUT2D eigenvalue weighted by atomic mass is 16.5. The summed E-state index contributed by atoms with van der Waals surface area (Å²) < 4.78 is 11.3. The second-order valence-corrected chi connectivity index (χ2v) is 7.53. The molecule has 0 unspecified atom stereocenters. The molecule has 2 aliphatic heterocycles. The Hall–Kier alpha value is -1.75. The topological polar surface area (TPSA) is 50.8 Å². The third kappa shape index (κ3) is 4.66. The number of urea groups is 1. The molecule has 2 fully saturated rings. The number of rotatable bonds is 4.